The van der Waals surface area contributed by atoms with Crippen LogP contribution < -0.4 is 5.32 Å². The molecule has 0 aliphatic heterocycles. The molecule has 1 N–H and O–H groups in total. The quantitative estimate of drug-likeness (QED) is 0.331. The lowest BCUT2D eigenvalue weighted by Gasteiger charge is -2.13. The molecule has 0 bridgehead atoms. The highest BCUT2D eigenvalue weighted by Crippen LogP contribution is 2.31. The standard InChI is InChI=1S/C25H24ClN5OS/c1-17(2)14-28-24(32)22-11-4-3-7-19(22)16-33-25-30-29-23(18-8-6-12-27-15-18)31(25)21-10-5-9-20(26)13-21/h3-13,15,17H,14,16H2,1-2H3,(H,28,32). The van der Waals surface area contributed by atoms with Crippen molar-refractivity contribution >= 4 is 29.3 Å². The van der Waals surface area contributed by atoms with E-state index in [-0.39, 0.29) is 5.91 Å². The SMILES string of the molecule is CC(C)CNC(=O)c1ccccc1CSc1nnc(-c2cccnc2)n1-c1cccc(Cl)c1. The van der Waals surface area contributed by atoms with Crippen LogP contribution in [0.2, 0.25) is 5.02 Å². The number of pyridine rings is 1. The van der Waals surface area contributed by atoms with Crippen molar-refractivity contribution in [1.29, 1.82) is 0 Å². The maximum atomic E-state index is 12.7. The Morgan fingerprint density at radius 1 is 1.09 bits per heavy atom. The van der Waals surface area contributed by atoms with E-state index in [4.69, 9.17) is 11.6 Å². The Balaban J connectivity index is 1.65. The summed E-state index contributed by atoms with van der Waals surface area (Å²) in [6.07, 6.45) is 3.48. The molecule has 0 aliphatic carbocycles. The summed E-state index contributed by atoms with van der Waals surface area (Å²) in [5.41, 5.74) is 3.32. The van der Waals surface area contributed by atoms with Crippen LogP contribution >= 0.6 is 23.4 Å². The molecule has 4 rings (SSSR count). The zero-order chi connectivity index (χ0) is 23.2. The number of nitrogens with one attached hydrogen (secondary N) is 1. The van der Waals surface area contributed by atoms with Crippen LogP contribution in [-0.4, -0.2) is 32.2 Å². The van der Waals surface area contributed by atoms with Crippen LogP contribution in [0.15, 0.2) is 78.2 Å². The number of hydrogen-bond donors (Lipinski definition) is 1. The average molecular weight is 478 g/mol. The van der Waals surface area contributed by atoms with E-state index in [1.54, 1.807) is 12.4 Å². The van der Waals surface area contributed by atoms with Gasteiger partial charge in [-0.05, 0) is 47.9 Å². The van der Waals surface area contributed by atoms with Crippen LogP contribution in [0.4, 0.5) is 0 Å². The number of nitrogens with zero attached hydrogens (tertiary/aromatic N) is 4. The summed E-state index contributed by atoms with van der Waals surface area (Å²) in [4.78, 5) is 16.9. The van der Waals surface area contributed by atoms with E-state index in [1.165, 1.54) is 11.8 Å². The fourth-order valence-electron chi connectivity index (χ4n) is 3.30. The summed E-state index contributed by atoms with van der Waals surface area (Å²) >= 11 is 7.79. The molecular formula is C25H24ClN5OS. The van der Waals surface area contributed by atoms with Crippen molar-refractivity contribution in [3.05, 3.63) is 89.2 Å². The number of rotatable bonds is 8. The van der Waals surface area contributed by atoms with Gasteiger partial charge in [0.1, 0.15) is 0 Å². The minimum atomic E-state index is -0.0627. The van der Waals surface area contributed by atoms with E-state index < -0.39 is 0 Å². The van der Waals surface area contributed by atoms with E-state index in [0.717, 1.165) is 16.8 Å². The van der Waals surface area contributed by atoms with E-state index >= 15 is 0 Å². The monoisotopic (exact) mass is 477 g/mol. The molecule has 0 radical (unpaired) electrons. The molecule has 2 heterocycles. The van der Waals surface area contributed by atoms with Gasteiger partial charge >= 0.3 is 0 Å². The summed E-state index contributed by atoms with van der Waals surface area (Å²) in [5, 5.41) is 13.2. The number of aromatic nitrogens is 4. The molecule has 2 aromatic heterocycles. The van der Waals surface area contributed by atoms with Gasteiger partial charge in [0.15, 0.2) is 11.0 Å². The molecule has 8 heteroatoms. The second kappa shape index (κ2) is 10.6. The van der Waals surface area contributed by atoms with Gasteiger partial charge in [-0.25, -0.2) is 0 Å². The minimum Gasteiger partial charge on any atom is -0.352 e. The highest BCUT2D eigenvalue weighted by atomic mass is 35.5. The zero-order valence-electron chi connectivity index (χ0n) is 18.4. The third-order valence-electron chi connectivity index (χ3n) is 4.91. The lowest BCUT2D eigenvalue weighted by atomic mass is 10.1. The zero-order valence-corrected chi connectivity index (χ0v) is 20.0. The first kappa shape index (κ1) is 23.0. The van der Waals surface area contributed by atoms with Crippen molar-refractivity contribution < 1.29 is 4.79 Å². The fourth-order valence-corrected chi connectivity index (χ4v) is 4.44. The number of benzene rings is 2. The van der Waals surface area contributed by atoms with Crippen LogP contribution in [-0.2, 0) is 5.75 Å². The maximum absolute atomic E-state index is 12.7. The number of halogens is 1. The first-order chi connectivity index (χ1) is 16.0. The molecule has 0 unspecified atom stereocenters. The van der Waals surface area contributed by atoms with E-state index in [2.05, 4.69) is 34.3 Å². The van der Waals surface area contributed by atoms with Gasteiger partial charge in [0.2, 0.25) is 0 Å². The number of thioether (sulfide) groups is 1. The van der Waals surface area contributed by atoms with Crippen molar-refractivity contribution in [1.82, 2.24) is 25.1 Å². The van der Waals surface area contributed by atoms with Crippen molar-refractivity contribution in [3.63, 3.8) is 0 Å². The Morgan fingerprint density at radius 3 is 2.70 bits per heavy atom. The summed E-state index contributed by atoms with van der Waals surface area (Å²) in [6.45, 7) is 4.78. The molecule has 33 heavy (non-hydrogen) atoms. The Bertz CT molecular complexity index is 1240. The Kier molecular flexibility index (Phi) is 7.42. The molecule has 0 saturated heterocycles. The van der Waals surface area contributed by atoms with Crippen LogP contribution in [0.1, 0.15) is 29.8 Å². The summed E-state index contributed by atoms with van der Waals surface area (Å²) < 4.78 is 1.97. The van der Waals surface area contributed by atoms with Crippen molar-refractivity contribution in [3.8, 4) is 17.1 Å². The van der Waals surface area contributed by atoms with Crippen molar-refractivity contribution in [2.24, 2.45) is 5.92 Å². The minimum absolute atomic E-state index is 0.0627. The van der Waals surface area contributed by atoms with Crippen LogP contribution in [0.25, 0.3) is 17.1 Å². The predicted octanol–water partition coefficient (Wildman–Crippen LogP) is 5.66. The molecule has 4 aromatic rings. The third-order valence-corrected chi connectivity index (χ3v) is 6.12. The molecular weight excluding hydrogens is 454 g/mol. The maximum Gasteiger partial charge on any atom is 0.251 e. The lowest BCUT2D eigenvalue weighted by molar-refractivity contribution is 0.0948. The van der Waals surface area contributed by atoms with Gasteiger partial charge in [-0.2, -0.15) is 0 Å². The van der Waals surface area contributed by atoms with Gasteiger partial charge in [0.25, 0.3) is 5.91 Å². The number of carbonyl (C=O) groups excluding carboxylic acids is 1. The highest BCUT2D eigenvalue weighted by Gasteiger charge is 2.18. The van der Waals surface area contributed by atoms with Gasteiger partial charge in [-0.3, -0.25) is 14.3 Å². The number of amides is 1. The second-order valence-corrected chi connectivity index (χ2v) is 9.29. The molecule has 0 atom stereocenters. The topological polar surface area (TPSA) is 72.7 Å². The molecule has 0 saturated carbocycles. The van der Waals surface area contributed by atoms with E-state index in [9.17, 15) is 4.79 Å². The Hall–Kier alpha value is -3.16. The van der Waals surface area contributed by atoms with Crippen LogP contribution in [0.5, 0.6) is 0 Å². The molecule has 168 valence electrons. The summed E-state index contributed by atoms with van der Waals surface area (Å²) in [5.74, 6) is 1.57. The van der Waals surface area contributed by atoms with E-state index in [1.807, 2.05) is 65.2 Å². The van der Waals surface area contributed by atoms with Crippen LogP contribution in [0, 0.1) is 5.92 Å². The van der Waals surface area contributed by atoms with Crippen LogP contribution in [0.3, 0.4) is 0 Å². The number of hydrogen-bond acceptors (Lipinski definition) is 5. The molecule has 2 aromatic carbocycles. The fraction of sp³-hybridized carbons (Fsp3) is 0.200. The molecule has 0 fully saturated rings. The van der Waals surface area contributed by atoms with Gasteiger partial charge in [0, 0.05) is 40.8 Å². The third kappa shape index (κ3) is 5.61. The van der Waals surface area contributed by atoms with Gasteiger partial charge in [0.05, 0.1) is 5.69 Å². The molecule has 6 nitrogen and oxygen atoms in total. The number of carbonyl (C=O) groups is 1. The summed E-state index contributed by atoms with van der Waals surface area (Å²) in [6, 6.07) is 19.0. The highest BCUT2D eigenvalue weighted by molar-refractivity contribution is 7.98. The summed E-state index contributed by atoms with van der Waals surface area (Å²) in [7, 11) is 0. The largest absolute Gasteiger partial charge is 0.352 e. The lowest BCUT2D eigenvalue weighted by Crippen LogP contribution is -2.28. The van der Waals surface area contributed by atoms with Gasteiger partial charge in [-0.15, -0.1) is 10.2 Å². The Labute approximate surface area is 202 Å². The molecule has 0 spiro atoms. The molecule has 0 aliphatic rings. The van der Waals surface area contributed by atoms with Gasteiger partial charge < -0.3 is 5.32 Å². The first-order valence-electron chi connectivity index (χ1n) is 10.6. The Morgan fingerprint density at radius 2 is 1.94 bits per heavy atom. The smallest absolute Gasteiger partial charge is 0.251 e. The van der Waals surface area contributed by atoms with Crippen molar-refractivity contribution in [2.75, 3.05) is 6.54 Å². The normalized spacial score (nSPS) is 11.0. The molecule has 1 amide bonds. The van der Waals surface area contributed by atoms with Gasteiger partial charge in [-0.1, -0.05) is 61.5 Å². The second-order valence-electron chi connectivity index (χ2n) is 7.91. The average Bonchev–Trinajstić information content (AvgIpc) is 3.26. The van der Waals surface area contributed by atoms with Crippen molar-refractivity contribution in [2.45, 2.75) is 24.8 Å². The van der Waals surface area contributed by atoms with E-state index in [0.29, 0.717) is 39.8 Å². The predicted molar refractivity (Wildman–Crippen MR) is 133 cm³/mol. The first-order valence-corrected chi connectivity index (χ1v) is 12.0.